The van der Waals surface area contributed by atoms with Crippen molar-refractivity contribution in [3.63, 3.8) is 0 Å². The summed E-state index contributed by atoms with van der Waals surface area (Å²) in [5, 5.41) is 13.8. The van der Waals surface area contributed by atoms with Gasteiger partial charge in [-0.15, -0.1) is 0 Å². The molecule has 0 radical (unpaired) electrons. The van der Waals surface area contributed by atoms with Crippen molar-refractivity contribution in [2.24, 2.45) is 0 Å². The minimum Gasteiger partial charge on any atom is -0.392 e. The fraction of sp³-hybridized carbons (Fsp3) is 0.0714. The molecule has 104 valence electrons. The first-order valence-corrected chi connectivity index (χ1v) is 5.81. The zero-order valence-corrected chi connectivity index (χ0v) is 10.4. The summed E-state index contributed by atoms with van der Waals surface area (Å²) in [6.07, 6.45) is 0. The van der Waals surface area contributed by atoms with Crippen LogP contribution in [0.1, 0.15) is 5.56 Å². The van der Waals surface area contributed by atoms with Crippen LogP contribution in [0.3, 0.4) is 0 Å². The molecular formula is C14H12F2N2O2. The Morgan fingerprint density at radius 2 is 1.65 bits per heavy atom. The lowest BCUT2D eigenvalue weighted by atomic mass is 10.2. The van der Waals surface area contributed by atoms with Crippen molar-refractivity contribution >= 4 is 17.4 Å². The van der Waals surface area contributed by atoms with E-state index in [2.05, 4.69) is 10.6 Å². The van der Waals surface area contributed by atoms with E-state index >= 15 is 0 Å². The Morgan fingerprint density at radius 3 is 2.30 bits per heavy atom. The summed E-state index contributed by atoms with van der Waals surface area (Å²) in [6.45, 7) is -0.147. The third-order valence-corrected chi connectivity index (χ3v) is 2.49. The highest BCUT2D eigenvalue weighted by Gasteiger charge is 2.06. The molecule has 20 heavy (non-hydrogen) atoms. The fourth-order valence-electron chi connectivity index (χ4n) is 1.67. The van der Waals surface area contributed by atoms with Gasteiger partial charge in [-0.1, -0.05) is 12.1 Å². The number of hydrogen-bond acceptors (Lipinski definition) is 2. The molecule has 0 saturated heterocycles. The number of hydrogen-bond donors (Lipinski definition) is 3. The molecule has 0 heterocycles. The highest BCUT2D eigenvalue weighted by atomic mass is 19.1. The SMILES string of the molecule is O=C(Nc1cc(F)cc(F)c1)Nc1cccc(CO)c1. The topological polar surface area (TPSA) is 61.4 Å². The van der Waals surface area contributed by atoms with Crippen molar-refractivity contribution in [3.8, 4) is 0 Å². The van der Waals surface area contributed by atoms with E-state index in [1.54, 1.807) is 24.3 Å². The molecule has 4 nitrogen and oxygen atoms in total. The molecule has 6 heteroatoms. The molecule has 0 bridgehead atoms. The Kier molecular flexibility index (Phi) is 4.27. The highest BCUT2D eigenvalue weighted by molar-refractivity contribution is 5.99. The molecule has 0 aliphatic rings. The van der Waals surface area contributed by atoms with Gasteiger partial charge in [-0.05, 0) is 29.8 Å². The second-order valence-corrected chi connectivity index (χ2v) is 4.10. The molecule has 2 amide bonds. The molecule has 2 aromatic rings. The van der Waals surface area contributed by atoms with Crippen molar-refractivity contribution < 1.29 is 18.7 Å². The number of aliphatic hydroxyl groups is 1. The highest BCUT2D eigenvalue weighted by Crippen LogP contribution is 2.14. The van der Waals surface area contributed by atoms with E-state index in [0.29, 0.717) is 17.3 Å². The molecule has 0 fully saturated rings. The molecule has 0 aliphatic heterocycles. The van der Waals surface area contributed by atoms with Crippen LogP contribution in [-0.2, 0) is 6.61 Å². The molecule has 3 N–H and O–H groups in total. The summed E-state index contributed by atoms with van der Waals surface area (Å²) >= 11 is 0. The van der Waals surface area contributed by atoms with E-state index < -0.39 is 17.7 Å². The maximum Gasteiger partial charge on any atom is 0.323 e. The lowest BCUT2D eigenvalue weighted by Gasteiger charge is -2.08. The fourth-order valence-corrected chi connectivity index (χ4v) is 1.67. The monoisotopic (exact) mass is 278 g/mol. The van der Waals surface area contributed by atoms with Crippen LogP contribution >= 0.6 is 0 Å². The standard InChI is InChI=1S/C14H12F2N2O2/c15-10-5-11(16)7-13(6-10)18-14(20)17-12-3-1-2-9(4-12)8-19/h1-7,19H,8H2,(H2,17,18,20). The third-order valence-electron chi connectivity index (χ3n) is 2.49. The molecule has 2 aromatic carbocycles. The van der Waals surface area contributed by atoms with Crippen LogP contribution in [0.25, 0.3) is 0 Å². The average Bonchev–Trinajstić information content (AvgIpc) is 2.37. The van der Waals surface area contributed by atoms with E-state index in [1.807, 2.05) is 0 Å². The number of aliphatic hydroxyl groups excluding tert-OH is 1. The summed E-state index contributed by atoms with van der Waals surface area (Å²) in [4.78, 5) is 11.7. The van der Waals surface area contributed by atoms with Gasteiger partial charge in [-0.2, -0.15) is 0 Å². The predicted molar refractivity (Wildman–Crippen MR) is 71.4 cm³/mol. The minimum atomic E-state index is -0.775. The van der Waals surface area contributed by atoms with Gasteiger partial charge in [0.25, 0.3) is 0 Å². The second-order valence-electron chi connectivity index (χ2n) is 4.10. The number of nitrogens with one attached hydrogen (secondary N) is 2. The normalized spacial score (nSPS) is 10.2. The Balaban J connectivity index is 2.04. The smallest absolute Gasteiger partial charge is 0.323 e. The Labute approximate surface area is 114 Å². The number of anilines is 2. The molecule has 0 aliphatic carbocycles. The molecule has 0 unspecified atom stereocenters. The Hall–Kier alpha value is -2.47. The van der Waals surface area contributed by atoms with Crippen molar-refractivity contribution in [2.45, 2.75) is 6.61 Å². The number of carbonyl (C=O) groups is 1. The maximum absolute atomic E-state index is 13.0. The summed E-state index contributed by atoms with van der Waals surface area (Å²) in [7, 11) is 0. The first-order valence-electron chi connectivity index (χ1n) is 5.81. The van der Waals surface area contributed by atoms with E-state index in [4.69, 9.17) is 5.11 Å². The van der Waals surface area contributed by atoms with Crippen molar-refractivity contribution in [2.75, 3.05) is 10.6 Å². The predicted octanol–water partition coefficient (Wildman–Crippen LogP) is 3.10. The summed E-state index contributed by atoms with van der Waals surface area (Å²) < 4.78 is 25.9. The quantitative estimate of drug-likeness (QED) is 0.808. The lowest BCUT2D eigenvalue weighted by Crippen LogP contribution is -2.19. The average molecular weight is 278 g/mol. The first-order chi connectivity index (χ1) is 9.56. The van der Waals surface area contributed by atoms with Crippen LogP contribution in [0.15, 0.2) is 42.5 Å². The van der Waals surface area contributed by atoms with Crippen molar-refractivity contribution in [1.82, 2.24) is 0 Å². The third kappa shape index (κ3) is 3.76. The molecular weight excluding hydrogens is 266 g/mol. The van der Waals surface area contributed by atoms with Gasteiger partial charge in [0.15, 0.2) is 0 Å². The van der Waals surface area contributed by atoms with E-state index in [9.17, 15) is 13.6 Å². The van der Waals surface area contributed by atoms with Crippen LogP contribution in [0, 0.1) is 11.6 Å². The summed E-state index contributed by atoms with van der Waals surface area (Å²) in [5.74, 6) is -1.55. The molecule has 0 saturated carbocycles. The van der Waals surface area contributed by atoms with Crippen LogP contribution in [-0.4, -0.2) is 11.1 Å². The van der Waals surface area contributed by atoms with Crippen LogP contribution in [0.4, 0.5) is 25.0 Å². The zero-order chi connectivity index (χ0) is 14.5. The van der Waals surface area contributed by atoms with Crippen LogP contribution in [0.5, 0.6) is 0 Å². The largest absolute Gasteiger partial charge is 0.392 e. The number of rotatable bonds is 3. The van der Waals surface area contributed by atoms with Crippen molar-refractivity contribution in [3.05, 3.63) is 59.7 Å². The van der Waals surface area contributed by atoms with E-state index in [-0.39, 0.29) is 12.3 Å². The molecule has 0 aromatic heterocycles. The number of carbonyl (C=O) groups excluding carboxylic acids is 1. The van der Waals surface area contributed by atoms with Crippen LogP contribution < -0.4 is 10.6 Å². The van der Waals surface area contributed by atoms with Gasteiger partial charge in [0.2, 0.25) is 0 Å². The minimum absolute atomic E-state index is 0.0123. The number of urea groups is 1. The van der Waals surface area contributed by atoms with Gasteiger partial charge in [-0.3, -0.25) is 0 Å². The number of amides is 2. The summed E-state index contributed by atoms with van der Waals surface area (Å²) in [5.41, 5.74) is 1.11. The lowest BCUT2D eigenvalue weighted by molar-refractivity contribution is 0.262. The van der Waals surface area contributed by atoms with Gasteiger partial charge in [0.1, 0.15) is 11.6 Å². The number of benzene rings is 2. The number of halogens is 2. The van der Waals surface area contributed by atoms with E-state index in [1.165, 1.54) is 0 Å². The van der Waals surface area contributed by atoms with Gasteiger partial charge < -0.3 is 15.7 Å². The first kappa shape index (κ1) is 14.0. The van der Waals surface area contributed by atoms with Crippen LogP contribution in [0.2, 0.25) is 0 Å². The Morgan fingerprint density at radius 1 is 1.00 bits per heavy atom. The van der Waals surface area contributed by atoms with Gasteiger partial charge in [0.05, 0.1) is 6.61 Å². The van der Waals surface area contributed by atoms with E-state index in [0.717, 1.165) is 12.1 Å². The summed E-state index contributed by atoms with van der Waals surface area (Å²) in [6, 6.07) is 8.68. The molecule has 2 rings (SSSR count). The molecule has 0 atom stereocenters. The van der Waals surface area contributed by atoms with Gasteiger partial charge in [0, 0.05) is 17.4 Å². The van der Waals surface area contributed by atoms with Gasteiger partial charge >= 0.3 is 6.03 Å². The molecule has 0 spiro atoms. The van der Waals surface area contributed by atoms with Crippen molar-refractivity contribution in [1.29, 1.82) is 0 Å². The zero-order valence-electron chi connectivity index (χ0n) is 10.4. The second kappa shape index (κ2) is 6.12. The maximum atomic E-state index is 13.0. The van der Waals surface area contributed by atoms with Gasteiger partial charge in [-0.25, -0.2) is 13.6 Å². The Bertz CT molecular complexity index is 612.